The van der Waals surface area contributed by atoms with Gasteiger partial charge in [0.05, 0.1) is 6.20 Å². The second-order valence-corrected chi connectivity index (χ2v) is 6.24. The lowest BCUT2D eigenvalue weighted by molar-refractivity contribution is -0.130. The number of carbonyl (C=O) groups is 1. The molecule has 1 N–H and O–H groups in total. The lowest BCUT2D eigenvalue weighted by atomic mass is 10.1. The van der Waals surface area contributed by atoms with Crippen molar-refractivity contribution in [2.24, 2.45) is 0 Å². The molecule has 3 rings (SSSR count). The molecular formula is C18H22N4O2. The maximum absolute atomic E-state index is 12.7. The van der Waals surface area contributed by atoms with Crippen LogP contribution in [0.2, 0.25) is 0 Å². The summed E-state index contributed by atoms with van der Waals surface area (Å²) in [5.74, 6) is -0.107. The molecular weight excluding hydrogens is 304 g/mol. The zero-order chi connectivity index (χ0) is 17.3. The molecule has 126 valence electrons. The van der Waals surface area contributed by atoms with Gasteiger partial charge >= 0.3 is 0 Å². The molecule has 0 unspecified atom stereocenters. The zero-order valence-corrected chi connectivity index (χ0v) is 14.3. The van der Waals surface area contributed by atoms with E-state index in [2.05, 4.69) is 17.0 Å². The molecule has 2 aromatic heterocycles. The quantitative estimate of drug-likeness (QED) is 0.783. The van der Waals surface area contributed by atoms with Gasteiger partial charge in [0.15, 0.2) is 0 Å². The number of benzene rings is 1. The first kappa shape index (κ1) is 16.2. The van der Waals surface area contributed by atoms with Crippen LogP contribution in [0.3, 0.4) is 0 Å². The summed E-state index contributed by atoms with van der Waals surface area (Å²) in [6.07, 6.45) is 3.63. The summed E-state index contributed by atoms with van der Waals surface area (Å²) in [7, 11) is 1.76. The van der Waals surface area contributed by atoms with Crippen molar-refractivity contribution in [2.45, 2.75) is 33.2 Å². The van der Waals surface area contributed by atoms with Crippen LogP contribution < -0.4 is 5.56 Å². The highest BCUT2D eigenvalue weighted by Crippen LogP contribution is 2.23. The van der Waals surface area contributed by atoms with E-state index >= 15 is 0 Å². The minimum Gasteiger partial charge on any atom is -0.350 e. The predicted molar refractivity (Wildman–Crippen MR) is 95.1 cm³/mol. The number of carbonyl (C=O) groups excluding carboxylic acids is 1. The molecule has 0 aliphatic rings. The van der Waals surface area contributed by atoms with Crippen molar-refractivity contribution in [2.75, 3.05) is 13.6 Å². The summed E-state index contributed by atoms with van der Waals surface area (Å²) in [6, 6.07) is 5.98. The number of rotatable bonds is 5. The predicted octanol–water partition coefficient (Wildman–Crippen LogP) is 2.44. The first-order valence-corrected chi connectivity index (χ1v) is 8.23. The third kappa shape index (κ3) is 2.91. The highest BCUT2D eigenvalue weighted by Gasteiger charge is 2.14. The molecule has 0 bridgehead atoms. The maximum Gasteiger partial charge on any atom is 0.291 e. The minimum atomic E-state index is -0.265. The number of fused-ring (bicyclic) bond motifs is 3. The van der Waals surface area contributed by atoms with Crippen LogP contribution in [0.15, 0.2) is 29.2 Å². The Labute approximate surface area is 140 Å². The van der Waals surface area contributed by atoms with Gasteiger partial charge in [-0.3, -0.25) is 9.59 Å². The lowest BCUT2D eigenvalue weighted by Crippen LogP contribution is -2.35. The van der Waals surface area contributed by atoms with Crippen LogP contribution >= 0.6 is 0 Å². The number of hydrogen-bond acceptors (Lipinski definition) is 3. The van der Waals surface area contributed by atoms with Crippen molar-refractivity contribution >= 4 is 27.7 Å². The van der Waals surface area contributed by atoms with Crippen LogP contribution in [0.1, 0.15) is 25.3 Å². The molecule has 0 radical (unpaired) electrons. The van der Waals surface area contributed by atoms with Crippen molar-refractivity contribution in [3.8, 4) is 0 Å². The first-order chi connectivity index (χ1) is 11.5. The Morgan fingerprint density at radius 1 is 1.33 bits per heavy atom. The highest BCUT2D eigenvalue weighted by molar-refractivity contribution is 6.06. The van der Waals surface area contributed by atoms with E-state index in [1.807, 2.05) is 25.1 Å². The fourth-order valence-corrected chi connectivity index (χ4v) is 2.82. The third-order valence-electron chi connectivity index (χ3n) is 4.33. The molecule has 0 spiro atoms. The van der Waals surface area contributed by atoms with Crippen LogP contribution in [0, 0.1) is 6.92 Å². The molecule has 24 heavy (non-hydrogen) atoms. The van der Waals surface area contributed by atoms with Crippen LogP contribution in [0.4, 0.5) is 0 Å². The summed E-state index contributed by atoms with van der Waals surface area (Å²) in [5.41, 5.74) is 2.26. The Hall–Kier alpha value is -2.63. The van der Waals surface area contributed by atoms with E-state index in [4.69, 9.17) is 0 Å². The third-order valence-corrected chi connectivity index (χ3v) is 4.33. The van der Waals surface area contributed by atoms with Gasteiger partial charge in [-0.05, 0) is 25.5 Å². The molecule has 1 amide bonds. The Morgan fingerprint density at radius 3 is 2.88 bits per heavy atom. The van der Waals surface area contributed by atoms with Gasteiger partial charge in [0.1, 0.15) is 12.1 Å². The molecule has 0 aliphatic heterocycles. The van der Waals surface area contributed by atoms with Gasteiger partial charge in [-0.25, -0.2) is 4.68 Å². The number of hydrogen-bond donors (Lipinski definition) is 1. The van der Waals surface area contributed by atoms with Gasteiger partial charge in [0, 0.05) is 29.9 Å². The van der Waals surface area contributed by atoms with Gasteiger partial charge < -0.3 is 9.88 Å². The van der Waals surface area contributed by atoms with Gasteiger partial charge in [-0.2, -0.15) is 5.10 Å². The van der Waals surface area contributed by atoms with E-state index in [0.717, 1.165) is 34.7 Å². The van der Waals surface area contributed by atoms with Crippen molar-refractivity contribution in [1.29, 1.82) is 0 Å². The zero-order valence-electron chi connectivity index (χ0n) is 14.3. The van der Waals surface area contributed by atoms with Crippen LogP contribution in [0.5, 0.6) is 0 Å². The number of aromatic amines is 1. The molecule has 6 nitrogen and oxygen atoms in total. The van der Waals surface area contributed by atoms with Crippen LogP contribution in [0.25, 0.3) is 21.8 Å². The summed E-state index contributed by atoms with van der Waals surface area (Å²) < 4.78 is 1.23. The number of nitrogens with zero attached hydrogens (tertiary/aromatic N) is 3. The molecule has 1 aromatic carbocycles. The van der Waals surface area contributed by atoms with E-state index in [9.17, 15) is 9.59 Å². The molecule has 0 saturated carbocycles. The Morgan fingerprint density at radius 2 is 2.12 bits per heavy atom. The number of unbranched alkanes of at least 4 members (excludes halogenated alkanes) is 1. The topological polar surface area (TPSA) is 71.0 Å². The van der Waals surface area contributed by atoms with Crippen molar-refractivity contribution < 1.29 is 4.79 Å². The van der Waals surface area contributed by atoms with Crippen molar-refractivity contribution in [3.05, 3.63) is 40.3 Å². The van der Waals surface area contributed by atoms with E-state index in [0.29, 0.717) is 12.1 Å². The second-order valence-electron chi connectivity index (χ2n) is 6.24. The number of H-pyrrole nitrogens is 1. The van der Waals surface area contributed by atoms with Crippen LogP contribution in [-0.2, 0) is 11.3 Å². The lowest BCUT2D eigenvalue weighted by Gasteiger charge is -2.16. The maximum atomic E-state index is 12.7. The average Bonchev–Trinajstić information content (AvgIpc) is 2.93. The standard InChI is InChI=1S/C18H22N4O2/c1-4-5-8-21(3)16(23)11-22-18(24)17-14(10-19-22)13-9-12(2)6-7-15(13)20-17/h6-7,9-10,20H,4-5,8,11H2,1-3H3. The Bertz CT molecular complexity index is 955. The number of aromatic nitrogens is 3. The average molecular weight is 326 g/mol. The second kappa shape index (κ2) is 6.47. The van der Waals surface area contributed by atoms with Gasteiger partial charge in [0.2, 0.25) is 5.91 Å². The Kier molecular flexibility index (Phi) is 4.38. The highest BCUT2D eigenvalue weighted by atomic mass is 16.2. The SMILES string of the molecule is CCCCN(C)C(=O)Cn1ncc2c([nH]c3ccc(C)cc32)c1=O. The fourth-order valence-electron chi connectivity index (χ4n) is 2.82. The van der Waals surface area contributed by atoms with E-state index in [1.54, 1.807) is 18.1 Å². The van der Waals surface area contributed by atoms with E-state index in [-0.39, 0.29) is 18.0 Å². The van der Waals surface area contributed by atoms with Gasteiger partial charge in [-0.15, -0.1) is 0 Å². The number of likely N-dealkylation sites (N-methyl/N-ethyl adjacent to an activating group) is 1. The van der Waals surface area contributed by atoms with E-state index in [1.165, 1.54) is 4.68 Å². The number of amides is 1. The molecule has 0 atom stereocenters. The Balaban J connectivity index is 1.96. The summed E-state index contributed by atoms with van der Waals surface area (Å²) in [6.45, 7) is 4.75. The molecule has 0 aliphatic carbocycles. The molecule has 0 saturated heterocycles. The largest absolute Gasteiger partial charge is 0.350 e. The number of aryl methyl sites for hydroxylation is 1. The smallest absolute Gasteiger partial charge is 0.291 e. The monoisotopic (exact) mass is 326 g/mol. The van der Waals surface area contributed by atoms with Crippen molar-refractivity contribution in [1.82, 2.24) is 19.7 Å². The number of nitrogens with one attached hydrogen (secondary N) is 1. The molecule has 2 heterocycles. The molecule has 6 heteroatoms. The fraction of sp³-hybridized carbons (Fsp3) is 0.389. The molecule has 3 aromatic rings. The first-order valence-electron chi connectivity index (χ1n) is 8.23. The van der Waals surface area contributed by atoms with Crippen LogP contribution in [-0.4, -0.2) is 39.2 Å². The van der Waals surface area contributed by atoms with Gasteiger partial charge in [-0.1, -0.05) is 25.0 Å². The minimum absolute atomic E-state index is 0.0383. The summed E-state index contributed by atoms with van der Waals surface area (Å²) >= 11 is 0. The van der Waals surface area contributed by atoms with Gasteiger partial charge in [0.25, 0.3) is 5.56 Å². The molecule has 0 fully saturated rings. The summed E-state index contributed by atoms with van der Waals surface area (Å²) in [4.78, 5) is 29.7. The normalized spacial score (nSPS) is 11.3. The van der Waals surface area contributed by atoms with Crippen molar-refractivity contribution in [3.63, 3.8) is 0 Å². The van der Waals surface area contributed by atoms with E-state index < -0.39 is 0 Å². The summed E-state index contributed by atoms with van der Waals surface area (Å²) in [5, 5.41) is 5.97.